The van der Waals surface area contributed by atoms with Crippen LogP contribution in [-0.2, 0) is 13.0 Å². The van der Waals surface area contributed by atoms with Gasteiger partial charge in [-0.15, -0.1) is 11.3 Å². The molecule has 6 heteroatoms. The van der Waals surface area contributed by atoms with E-state index >= 15 is 0 Å². The van der Waals surface area contributed by atoms with Gasteiger partial charge >= 0.3 is 0 Å². The zero-order valence-corrected chi connectivity index (χ0v) is 15.3. The molecule has 1 aliphatic heterocycles. The van der Waals surface area contributed by atoms with Gasteiger partial charge in [0, 0.05) is 43.5 Å². The molecule has 1 aliphatic rings. The van der Waals surface area contributed by atoms with Crippen LogP contribution >= 0.6 is 11.3 Å². The van der Waals surface area contributed by atoms with Crippen molar-refractivity contribution in [2.24, 2.45) is 0 Å². The van der Waals surface area contributed by atoms with Gasteiger partial charge in [0.2, 0.25) is 0 Å². The number of aromatic nitrogens is 4. The summed E-state index contributed by atoms with van der Waals surface area (Å²) in [4.78, 5) is 19.5. The molecule has 5 rings (SSSR count). The lowest BCUT2D eigenvalue weighted by Crippen LogP contribution is -2.32. The quantitative estimate of drug-likeness (QED) is 0.594. The molecule has 1 N–H and O–H groups in total. The van der Waals surface area contributed by atoms with Crippen molar-refractivity contribution in [3.05, 3.63) is 65.2 Å². The Balaban J connectivity index is 1.40. The number of nitrogens with zero attached hydrogens (tertiary/aromatic N) is 4. The summed E-state index contributed by atoms with van der Waals surface area (Å²) in [7, 11) is 0. The summed E-state index contributed by atoms with van der Waals surface area (Å²) in [5, 5.41) is 0. The number of hydrogen-bond donors (Lipinski definition) is 1. The Hall–Kier alpha value is -2.57. The van der Waals surface area contributed by atoms with E-state index in [0.717, 1.165) is 36.4 Å². The van der Waals surface area contributed by atoms with Gasteiger partial charge < -0.3 is 4.98 Å². The highest BCUT2D eigenvalue weighted by Gasteiger charge is 2.25. The third-order valence-electron chi connectivity index (χ3n) is 5.18. The minimum atomic E-state index is 0.347. The first-order valence-corrected chi connectivity index (χ1v) is 9.71. The number of hydrogen-bond acceptors (Lipinski definition) is 5. The first-order valence-electron chi connectivity index (χ1n) is 8.83. The molecular weight excluding hydrogens is 342 g/mol. The van der Waals surface area contributed by atoms with Crippen LogP contribution in [0.1, 0.15) is 29.9 Å². The normalized spacial score (nSPS) is 15.9. The first kappa shape index (κ1) is 15.7. The standard InChI is InChI=1S/C20H19N5S/c1-13(14-4-5-19-17(9-14)22-12-26-19)25-8-6-16-18(11-25)24-20(23-16)15-3-2-7-21-10-15/h2-5,7,9-10,12-13H,6,8,11H2,1H3,(H,23,24). The number of imidazole rings is 1. The molecule has 0 saturated carbocycles. The van der Waals surface area contributed by atoms with Gasteiger partial charge in [0.05, 0.1) is 27.1 Å². The van der Waals surface area contributed by atoms with Gasteiger partial charge in [0.15, 0.2) is 0 Å². The molecule has 0 fully saturated rings. The molecule has 4 aromatic rings. The monoisotopic (exact) mass is 361 g/mol. The molecule has 0 radical (unpaired) electrons. The zero-order valence-electron chi connectivity index (χ0n) is 14.5. The minimum Gasteiger partial charge on any atom is -0.340 e. The van der Waals surface area contributed by atoms with Crippen molar-refractivity contribution in [1.29, 1.82) is 0 Å². The smallest absolute Gasteiger partial charge is 0.139 e. The predicted molar refractivity (Wildman–Crippen MR) is 104 cm³/mol. The van der Waals surface area contributed by atoms with Crippen LogP contribution in [0.2, 0.25) is 0 Å². The van der Waals surface area contributed by atoms with Crippen LogP contribution < -0.4 is 0 Å². The lowest BCUT2D eigenvalue weighted by Gasteiger charge is -2.32. The van der Waals surface area contributed by atoms with Crippen LogP contribution in [0.15, 0.2) is 48.2 Å². The third kappa shape index (κ3) is 2.71. The number of thiazole rings is 1. The van der Waals surface area contributed by atoms with E-state index in [1.165, 1.54) is 21.7 Å². The Morgan fingerprint density at radius 3 is 3.12 bits per heavy atom. The van der Waals surface area contributed by atoms with Crippen molar-refractivity contribution in [1.82, 2.24) is 24.8 Å². The molecule has 0 saturated heterocycles. The van der Waals surface area contributed by atoms with Gasteiger partial charge in [-0.25, -0.2) is 9.97 Å². The zero-order chi connectivity index (χ0) is 17.5. The Bertz CT molecular complexity index is 1050. The fraction of sp³-hybridized carbons (Fsp3) is 0.250. The Kier molecular flexibility index (Phi) is 3.80. The van der Waals surface area contributed by atoms with E-state index in [9.17, 15) is 0 Å². The maximum atomic E-state index is 4.79. The van der Waals surface area contributed by atoms with Gasteiger partial charge in [-0.1, -0.05) is 6.07 Å². The number of rotatable bonds is 3. The molecule has 130 valence electrons. The van der Waals surface area contributed by atoms with Crippen molar-refractivity contribution in [2.45, 2.75) is 25.9 Å². The van der Waals surface area contributed by atoms with Crippen LogP contribution in [-0.4, -0.2) is 31.4 Å². The average Bonchev–Trinajstić information content (AvgIpc) is 3.33. The summed E-state index contributed by atoms with van der Waals surface area (Å²) in [6.45, 7) is 4.18. The Morgan fingerprint density at radius 1 is 1.27 bits per heavy atom. The van der Waals surface area contributed by atoms with Gasteiger partial charge in [0.25, 0.3) is 0 Å². The second kappa shape index (κ2) is 6.30. The highest BCUT2D eigenvalue weighted by Crippen LogP contribution is 2.30. The molecule has 0 spiro atoms. The number of pyridine rings is 1. The topological polar surface area (TPSA) is 57.7 Å². The second-order valence-corrected chi connectivity index (χ2v) is 7.61. The fourth-order valence-electron chi connectivity index (χ4n) is 3.63. The second-order valence-electron chi connectivity index (χ2n) is 6.73. The van der Waals surface area contributed by atoms with Gasteiger partial charge in [-0.3, -0.25) is 9.88 Å². The molecule has 0 aliphatic carbocycles. The summed E-state index contributed by atoms with van der Waals surface area (Å²) in [5.74, 6) is 0.918. The van der Waals surface area contributed by atoms with Crippen molar-refractivity contribution < 1.29 is 0 Å². The number of fused-ring (bicyclic) bond motifs is 2. The minimum absolute atomic E-state index is 0.347. The molecule has 1 aromatic carbocycles. The van der Waals surface area contributed by atoms with Crippen molar-refractivity contribution in [3.63, 3.8) is 0 Å². The molecule has 3 aromatic heterocycles. The average molecular weight is 361 g/mol. The van der Waals surface area contributed by atoms with Crippen molar-refractivity contribution in [2.75, 3.05) is 6.54 Å². The SMILES string of the molecule is CC(c1ccc2scnc2c1)N1CCc2nc(-c3cccnc3)[nH]c2C1. The van der Waals surface area contributed by atoms with Crippen LogP contribution in [0.4, 0.5) is 0 Å². The van der Waals surface area contributed by atoms with Gasteiger partial charge in [-0.2, -0.15) is 0 Å². The number of nitrogens with one attached hydrogen (secondary N) is 1. The molecule has 26 heavy (non-hydrogen) atoms. The lowest BCUT2D eigenvalue weighted by atomic mass is 10.0. The summed E-state index contributed by atoms with van der Waals surface area (Å²) in [6, 6.07) is 11.0. The summed E-state index contributed by atoms with van der Waals surface area (Å²) in [6.07, 6.45) is 4.61. The summed E-state index contributed by atoms with van der Waals surface area (Å²) in [5.41, 5.74) is 7.77. The third-order valence-corrected chi connectivity index (χ3v) is 5.99. The molecule has 0 bridgehead atoms. The highest BCUT2D eigenvalue weighted by molar-refractivity contribution is 7.16. The summed E-state index contributed by atoms with van der Waals surface area (Å²) < 4.78 is 1.25. The molecule has 0 amide bonds. The molecular formula is C20H19N5S. The summed E-state index contributed by atoms with van der Waals surface area (Å²) >= 11 is 1.69. The van der Waals surface area contributed by atoms with E-state index < -0.39 is 0 Å². The van der Waals surface area contributed by atoms with E-state index in [1.54, 1.807) is 17.5 Å². The van der Waals surface area contributed by atoms with Crippen molar-refractivity contribution in [3.8, 4) is 11.4 Å². The lowest BCUT2D eigenvalue weighted by molar-refractivity contribution is 0.189. The largest absolute Gasteiger partial charge is 0.340 e. The van der Waals surface area contributed by atoms with Crippen LogP contribution in [0, 0.1) is 0 Å². The Morgan fingerprint density at radius 2 is 2.23 bits per heavy atom. The van der Waals surface area contributed by atoms with Gasteiger partial charge in [0.1, 0.15) is 5.82 Å². The van der Waals surface area contributed by atoms with E-state index in [2.05, 4.69) is 45.0 Å². The number of H-pyrrole nitrogens is 1. The number of benzene rings is 1. The predicted octanol–water partition coefficient (Wildman–Crippen LogP) is 4.20. The van der Waals surface area contributed by atoms with Gasteiger partial charge in [-0.05, 0) is 36.8 Å². The Labute approximate surface area is 155 Å². The van der Waals surface area contributed by atoms with Crippen LogP contribution in [0.25, 0.3) is 21.6 Å². The maximum absolute atomic E-state index is 4.79. The van der Waals surface area contributed by atoms with Crippen molar-refractivity contribution >= 4 is 21.6 Å². The molecule has 5 nitrogen and oxygen atoms in total. The van der Waals surface area contributed by atoms with E-state index in [1.807, 2.05) is 23.8 Å². The van der Waals surface area contributed by atoms with Crippen LogP contribution in [0.5, 0.6) is 0 Å². The first-order chi connectivity index (χ1) is 12.8. The molecule has 1 atom stereocenters. The maximum Gasteiger partial charge on any atom is 0.139 e. The van der Waals surface area contributed by atoms with E-state index in [0.29, 0.717) is 6.04 Å². The highest BCUT2D eigenvalue weighted by atomic mass is 32.1. The van der Waals surface area contributed by atoms with Crippen LogP contribution in [0.3, 0.4) is 0 Å². The number of aromatic amines is 1. The van der Waals surface area contributed by atoms with E-state index in [4.69, 9.17) is 4.98 Å². The molecule has 1 unspecified atom stereocenters. The molecule has 4 heterocycles. The van der Waals surface area contributed by atoms with E-state index in [-0.39, 0.29) is 0 Å². The fourth-order valence-corrected chi connectivity index (χ4v) is 4.29.